The van der Waals surface area contributed by atoms with E-state index in [1.54, 1.807) is 13.0 Å². The van der Waals surface area contributed by atoms with Gasteiger partial charge in [-0.1, -0.05) is 48.9 Å². The number of rotatable bonds is 12. The first-order valence-corrected chi connectivity index (χ1v) is 13.7. The number of amides is 2. The number of sulfonamides is 1. The number of carbonyl (C=O) groups excluding carboxylic acids is 2. The molecule has 0 saturated heterocycles. The van der Waals surface area contributed by atoms with Gasteiger partial charge in [-0.3, -0.25) is 13.9 Å². The summed E-state index contributed by atoms with van der Waals surface area (Å²) in [6.07, 6.45) is 1.95. The van der Waals surface area contributed by atoms with Crippen molar-refractivity contribution in [2.24, 2.45) is 0 Å². The Kier molecular flexibility index (Phi) is 10.2. The average Bonchev–Trinajstić information content (AvgIpc) is 2.80. The van der Waals surface area contributed by atoms with E-state index in [2.05, 4.69) is 5.32 Å². The number of benzene rings is 2. The number of halogens is 1. The molecule has 0 spiro atoms. The van der Waals surface area contributed by atoms with Crippen LogP contribution < -0.4 is 9.62 Å². The van der Waals surface area contributed by atoms with Crippen molar-refractivity contribution in [3.8, 4) is 0 Å². The Labute approximate surface area is 208 Å². The first-order chi connectivity index (χ1) is 16.4. The molecule has 0 fully saturated rings. The molecule has 1 N–H and O–H groups in total. The minimum Gasteiger partial charge on any atom is -0.352 e. The second-order valence-electron chi connectivity index (χ2n) is 8.89. The second-order valence-corrected chi connectivity index (χ2v) is 10.8. The molecule has 192 valence electrons. The van der Waals surface area contributed by atoms with Gasteiger partial charge in [0.15, 0.2) is 0 Å². The Bertz CT molecular complexity index is 1110. The highest BCUT2D eigenvalue weighted by molar-refractivity contribution is 7.92. The lowest BCUT2D eigenvalue weighted by Crippen LogP contribution is -2.49. The maximum absolute atomic E-state index is 14.3. The van der Waals surface area contributed by atoms with Crippen LogP contribution in [0.3, 0.4) is 0 Å². The molecule has 0 aliphatic rings. The number of nitrogens with zero attached hydrogens (tertiary/aromatic N) is 2. The van der Waals surface area contributed by atoms with Gasteiger partial charge >= 0.3 is 0 Å². The average molecular weight is 506 g/mol. The summed E-state index contributed by atoms with van der Waals surface area (Å²) < 4.78 is 39.8. The summed E-state index contributed by atoms with van der Waals surface area (Å²) in [4.78, 5) is 27.6. The minimum atomic E-state index is -3.75. The summed E-state index contributed by atoms with van der Waals surface area (Å²) in [5, 5.41) is 2.92. The van der Waals surface area contributed by atoms with E-state index in [9.17, 15) is 22.4 Å². The molecule has 2 atom stereocenters. The van der Waals surface area contributed by atoms with Gasteiger partial charge < -0.3 is 10.2 Å². The SMILES string of the molecule is CC[C@@H](C)NC(=O)[C@@H](C)N(Cc1ccc(C)cc1)C(=O)CCCN(c1ccccc1F)S(C)(=O)=O. The maximum Gasteiger partial charge on any atom is 0.242 e. The van der Waals surface area contributed by atoms with Gasteiger partial charge in [-0.25, -0.2) is 12.8 Å². The largest absolute Gasteiger partial charge is 0.352 e. The fourth-order valence-corrected chi connectivity index (χ4v) is 4.54. The molecule has 0 radical (unpaired) electrons. The van der Waals surface area contributed by atoms with Crippen LogP contribution >= 0.6 is 0 Å². The summed E-state index contributed by atoms with van der Waals surface area (Å²) in [5.41, 5.74) is 1.92. The first kappa shape index (κ1) is 28.3. The fourth-order valence-electron chi connectivity index (χ4n) is 3.57. The third-order valence-corrected chi connectivity index (χ3v) is 7.10. The Balaban J connectivity index is 2.17. The Hall–Kier alpha value is -2.94. The van der Waals surface area contributed by atoms with Gasteiger partial charge in [-0.05, 0) is 51.3 Å². The second kappa shape index (κ2) is 12.7. The van der Waals surface area contributed by atoms with Crippen molar-refractivity contribution in [2.75, 3.05) is 17.1 Å². The van der Waals surface area contributed by atoms with Gasteiger partial charge in [0, 0.05) is 25.6 Å². The van der Waals surface area contributed by atoms with Gasteiger partial charge in [-0.2, -0.15) is 0 Å². The lowest BCUT2D eigenvalue weighted by molar-refractivity contribution is -0.140. The molecule has 2 rings (SSSR count). The van der Waals surface area contributed by atoms with Crippen LogP contribution in [0.5, 0.6) is 0 Å². The van der Waals surface area contributed by atoms with Crippen LogP contribution in [-0.4, -0.2) is 50.0 Å². The van der Waals surface area contributed by atoms with Crippen molar-refractivity contribution in [3.05, 3.63) is 65.5 Å². The molecule has 2 aromatic rings. The van der Waals surface area contributed by atoms with E-state index in [0.29, 0.717) is 0 Å². The van der Waals surface area contributed by atoms with Gasteiger partial charge in [0.05, 0.1) is 11.9 Å². The molecule has 9 heteroatoms. The molecular formula is C26H36FN3O4S. The van der Waals surface area contributed by atoms with Gasteiger partial charge in [0.1, 0.15) is 11.9 Å². The molecule has 0 aromatic heterocycles. The molecule has 2 amide bonds. The number of anilines is 1. The molecule has 2 aromatic carbocycles. The Morgan fingerprint density at radius 2 is 1.69 bits per heavy atom. The lowest BCUT2D eigenvalue weighted by atomic mass is 10.1. The van der Waals surface area contributed by atoms with Crippen LogP contribution in [0.4, 0.5) is 10.1 Å². The number of aryl methyl sites for hydroxylation is 1. The summed E-state index contributed by atoms with van der Waals surface area (Å²) in [7, 11) is -3.75. The summed E-state index contributed by atoms with van der Waals surface area (Å²) in [6, 6.07) is 12.6. The van der Waals surface area contributed by atoms with E-state index in [0.717, 1.165) is 28.1 Å². The molecule has 0 heterocycles. The van der Waals surface area contributed by atoms with Crippen LogP contribution in [0.15, 0.2) is 48.5 Å². The highest BCUT2D eigenvalue weighted by Crippen LogP contribution is 2.22. The first-order valence-electron chi connectivity index (χ1n) is 11.8. The molecular weight excluding hydrogens is 469 g/mol. The van der Waals surface area contributed by atoms with Crippen molar-refractivity contribution in [3.63, 3.8) is 0 Å². The van der Waals surface area contributed by atoms with E-state index in [1.807, 2.05) is 45.0 Å². The highest BCUT2D eigenvalue weighted by atomic mass is 32.2. The van der Waals surface area contributed by atoms with Crippen molar-refractivity contribution < 1.29 is 22.4 Å². The summed E-state index contributed by atoms with van der Waals surface area (Å²) >= 11 is 0. The molecule has 0 aliphatic carbocycles. The zero-order valence-electron chi connectivity index (χ0n) is 21.1. The van der Waals surface area contributed by atoms with Crippen molar-refractivity contribution in [1.29, 1.82) is 0 Å². The van der Waals surface area contributed by atoms with Crippen molar-refractivity contribution in [1.82, 2.24) is 10.2 Å². The monoisotopic (exact) mass is 505 g/mol. The minimum absolute atomic E-state index is 0.00723. The maximum atomic E-state index is 14.3. The van der Waals surface area contributed by atoms with Crippen molar-refractivity contribution >= 4 is 27.5 Å². The number of hydrogen-bond acceptors (Lipinski definition) is 4. The molecule has 0 aliphatic heterocycles. The fraction of sp³-hybridized carbons (Fsp3) is 0.462. The Morgan fingerprint density at radius 3 is 2.26 bits per heavy atom. The molecule has 35 heavy (non-hydrogen) atoms. The highest BCUT2D eigenvalue weighted by Gasteiger charge is 2.27. The zero-order valence-corrected chi connectivity index (χ0v) is 21.9. The van der Waals surface area contributed by atoms with E-state index >= 15 is 0 Å². The number of para-hydroxylation sites is 1. The van der Waals surface area contributed by atoms with Gasteiger partial charge in [0.25, 0.3) is 0 Å². The predicted octanol–water partition coefficient (Wildman–Crippen LogP) is 4.01. The number of hydrogen-bond donors (Lipinski definition) is 1. The molecule has 0 bridgehead atoms. The van der Waals surface area contributed by atoms with Gasteiger partial charge in [-0.15, -0.1) is 0 Å². The molecule has 0 unspecified atom stereocenters. The van der Waals surface area contributed by atoms with E-state index in [-0.39, 0.29) is 49.5 Å². The lowest BCUT2D eigenvalue weighted by Gasteiger charge is -2.30. The third-order valence-electron chi connectivity index (χ3n) is 5.92. The molecule has 7 nitrogen and oxygen atoms in total. The summed E-state index contributed by atoms with van der Waals surface area (Å²) in [6.45, 7) is 7.71. The summed E-state index contributed by atoms with van der Waals surface area (Å²) in [5.74, 6) is -1.18. The van der Waals surface area contributed by atoms with Crippen LogP contribution in [-0.2, 0) is 26.2 Å². The zero-order chi connectivity index (χ0) is 26.2. The number of carbonyl (C=O) groups is 2. The smallest absolute Gasteiger partial charge is 0.242 e. The predicted molar refractivity (Wildman–Crippen MR) is 137 cm³/mol. The van der Waals surface area contributed by atoms with E-state index in [1.165, 1.54) is 23.1 Å². The van der Waals surface area contributed by atoms with E-state index in [4.69, 9.17) is 0 Å². The third kappa shape index (κ3) is 8.35. The van der Waals surface area contributed by atoms with Crippen LogP contribution in [0.2, 0.25) is 0 Å². The topological polar surface area (TPSA) is 86.8 Å². The van der Waals surface area contributed by atoms with E-state index < -0.39 is 21.9 Å². The molecule has 0 saturated carbocycles. The van der Waals surface area contributed by atoms with Crippen LogP contribution in [0.1, 0.15) is 51.2 Å². The van der Waals surface area contributed by atoms with Gasteiger partial charge in [0.2, 0.25) is 21.8 Å². The normalized spacial score (nSPS) is 13.1. The van der Waals surface area contributed by atoms with Crippen LogP contribution in [0.25, 0.3) is 0 Å². The van der Waals surface area contributed by atoms with Crippen molar-refractivity contribution in [2.45, 2.75) is 65.6 Å². The Morgan fingerprint density at radius 1 is 1.06 bits per heavy atom. The quantitative estimate of drug-likeness (QED) is 0.472. The van der Waals surface area contributed by atoms with Crippen LogP contribution in [0, 0.1) is 12.7 Å². The number of nitrogens with one attached hydrogen (secondary N) is 1. The standard InChI is InChI=1S/C26H36FN3O4S/c1-6-20(3)28-26(32)21(4)29(18-22-15-13-19(2)14-16-22)25(31)12-9-17-30(35(5,33)34)24-11-8-7-10-23(24)27/h7-8,10-11,13-16,20-21H,6,9,12,17-18H2,1-5H3,(H,28,32)/t20-,21-/m1/s1.